The second-order valence-electron chi connectivity index (χ2n) is 6.77. The van der Waals surface area contributed by atoms with Crippen LogP contribution in [-0.2, 0) is 22.4 Å². The van der Waals surface area contributed by atoms with E-state index in [2.05, 4.69) is 36.5 Å². The zero-order valence-corrected chi connectivity index (χ0v) is 17.1. The van der Waals surface area contributed by atoms with Crippen LogP contribution in [0.2, 0.25) is 0 Å². The van der Waals surface area contributed by atoms with Gasteiger partial charge in [-0.15, -0.1) is 11.8 Å². The van der Waals surface area contributed by atoms with E-state index in [-0.39, 0.29) is 11.8 Å². The molecule has 2 amide bonds. The van der Waals surface area contributed by atoms with E-state index in [0.717, 1.165) is 17.7 Å². The first-order valence-electron chi connectivity index (χ1n) is 9.50. The highest BCUT2D eigenvalue weighted by Crippen LogP contribution is 2.24. The molecule has 0 bridgehead atoms. The molecule has 1 saturated heterocycles. The summed E-state index contributed by atoms with van der Waals surface area (Å²) in [6.45, 7) is 2.13. The maximum Gasteiger partial charge on any atom is 0.248 e. The molecule has 1 fully saturated rings. The van der Waals surface area contributed by atoms with Gasteiger partial charge in [-0.25, -0.2) is 0 Å². The van der Waals surface area contributed by atoms with Crippen molar-refractivity contribution in [2.75, 3.05) is 24.1 Å². The molecular formula is C22H26N2O3S. The van der Waals surface area contributed by atoms with E-state index < -0.39 is 6.04 Å². The molecule has 0 spiro atoms. The summed E-state index contributed by atoms with van der Waals surface area (Å²) in [5, 5.41) is 2.90. The Bertz CT molecular complexity index is 806. The predicted octanol–water partition coefficient (Wildman–Crippen LogP) is 3.73. The molecule has 148 valence electrons. The molecular weight excluding hydrogens is 372 g/mol. The second-order valence-corrected chi connectivity index (χ2v) is 7.77. The van der Waals surface area contributed by atoms with E-state index in [9.17, 15) is 9.59 Å². The molecule has 1 N–H and O–H groups in total. The van der Waals surface area contributed by atoms with Crippen molar-refractivity contribution in [1.82, 2.24) is 4.90 Å². The van der Waals surface area contributed by atoms with E-state index in [4.69, 9.17) is 4.74 Å². The summed E-state index contributed by atoms with van der Waals surface area (Å²) in [6, 6.07) is 15.1. The third-order valence-electron chi connectivity index (χ3n) is 4.92. The van der Waals surface area contributed by atoms with Gasteiger partial charge in [-0.05, 0) is 48.2 Å². The van der Waals surface area contributed by atoms with Crippen LogP contribution in [0.3, 0.4) is 0 Å². The Morgan fingerprint density at radius 3 is 2.43 bits per heavy atom. The first kappa shape index (κ1) is 20.3. The van der Waals surface area contributed by atoms with E-state index in [1.54, 1.807) is 48.0 Å². The number of carbonyl (C=O) groups excluding carboxylic acids is 2. The van der Waals surface area contributed by atoms with Crippen LogP contribution in [0.25, 0.3) is 0 Å². The average molecular weight is 399 g/mol. The number of benzene rings is 2. The predicted molar refractivity (Wildman–Crippen MR) is 114 cm³/mol. The molecule has 6 heteroatoms. The summed E-state index contributed by atoms with van der Waals surface area (Å²) in [7, 11) is 1.60. The number of methoxy groups -OCH3 is 1. The van der Waals surface area contributed by atoms with Crippen molar-refractivity contribution >= 4 is 29.3 Å². The van der Waals surface area contributed by atoms with Crippen molar-refractivity contribution in [3.05, 3.63) is 59.7 Å². The van der Waals surface area contributed by atoms with Gasteiger partial charge in [-0.2, -0.15) is 0 Å². The number of carbonyl (C=O) groups is 2. The van der Waals surface area contributed by atoms with Crippen LogP contribution in [0.1, 0.15) is 24.5 Å². The number of rotatable bonds is 7. The quantitative estimate of drug-likeness (QED) is 0.772. The van der Waals surface area contributed by atoms with Gasteiger partial charge in [0, 0.05) is 17.9 Å². The highest BCUT2D eigenvalue weighted by molar-refractivity contribution is 7.99. The minimum atomic E-state index is -0.429. The Hall–Kier alpha value is -2.47. The molecule has 1 atom stereocenters. The lowest BCUT2D eigenvalue weighted by atomic mass is 10.1. The normalized spacial score (nSPS) is 16.1. The zero-order valence-electron chi connectivity index (χ0n) is 16.3. The van der Waals surface area contributed by atoms with Crippen LogP contribution in [0.4, 0.5) is 5.69 Å². The van der Waals surface area contributed by atoms with Crippen molar-refractivity contribution in [1.29, 1.82) is 0 Å². The minimum absolute atomic E-state index is 0.0273. The molecule has 3 rings (SSSR count). The van der Waals surface area contributed by atoms with E-state index in [0.29, 0.717) is 30.2 Å². The Morgan fingerprint density at radius 2 is 1.79 bits per heavy atom. The summed E-state index contributed by atoms with van der Waals surface area (Å²) in [6.07, 6.45) is 2.12. The van der Waals surface area contributed by atoms with Crippen LogP contribution in [-0.4, -0.2) is 41.5 Å². The molecule has 0 aliphatic carbocycles. The van der Waals surface area contributed by atoms with Gasteiger partial charge in [0.1, 0.15) is 11.8 Å². The Balaban J connectivity index is 1.56. The SMILES string of the molecule is CCc1ccc(CCC(=O)N2CSCC2C(=O)Nc2ccc(OC)cc2)cc1. The highest BCUT2D eigenvalue weighted by atomic mass is 32.2. The van der Waals surface area contributed by atoms with Crippen LogP contribution in [0.15, 0.2) is 48.5 Å². The topological polar surface area (TPSA) is 58.6 Å². The number of nitrogens with one attached hydrogen (secondary N) is 1. The molecule has 0 aromatic heterocycles. The van der Waals surface area contributed by atoms with Gasteiger partial charge in [0.05, 0.1) is 13.0 Å². The van der Waals surface area contributed by atoms with Gasteiger partial charge in [-0.1, -0.05) is 31.2 Å². The molecule has 2 aromatic rings. The minimum Gasteiger partial charge on any atom is -0.497 e. The van der Waals surface area contributed by atoms with Crippen molar-refractivity contribution in [2.45, 2.75) is 32.2 Å². The summed E-state index contributed by atoms with van der Waals surface area (Å²) in [5.74, 6) is 1.81. The first-order valence-corrected chi connectivity index (χ1v) is 10.7. The molecule has 1 aliphatic heterocycles. The molecule has 28 heavy (non-hydrogen) atoms. The first-order chi connectivity index (χ1) is 13.6. The summed E-state index contributed by atoms with van der Waals surface area (Å²) in [5.41, 5.74) is 3.14. The molecule has 0 radical (unpaired) electrons. The smallest absolute Gasteiger partial charge is 0.248 e. The summed E-state index contributed by atoms with van der Waals surface area (Å²) in [4.78, 5) is 27.1. The van der Waals surface area contributed by atoms with Crippen LogP contribution in [0.5, 0.6) is 5.75 Å². The number of nitrogens with zero attached hydrogens (tertiary/aromatic N) is 1. The maximum absolute atomic E-state index is 12.7. The fourth-order valence-electron chi connectivity index (χ4n) is 3.14. The lowest BCUT2D eigenvalue weighted by molar-refractivity contribution is -0.136. The lowest BCUT2D eigenvalue weighted by Gasteiger charge is -2.23. The molecule has 2 aromatic carbocycles. The van der Waals surface area contributed by atoms with Crippen LogP contribution in [0, 0.1) is 0 Å². The second kappa shape index (κ2) is 9.64. The summed E-state index contributed by atoms with van der Waals surface area (Å²) >= 11 is 1.61. The average Bonchev–Trinajstić information content (AvgIpc) is 3.23. The van der Waals surface area contributed by atoms with Crippen LogP contribution < -0.4 is 10.1 Å². The number of anilines is 1. The molecule has 1 unspecified atom stereocenters. The van der Waals surface area contributed by atoms with Crippen LogP contribution >= 0.6 is 11.8 Å². The number of thioether (sulfide) groups is 1. The van der Waals surface area contributed by atoms with Gasteiger partial charge in [0.15, 0.2) is 0 Å². The third-order valence-corrected chi connectivity index (χ3v) is 5.93. The van der Waals surface area contributed by atoms with Gasteiger partial charge in [-0.3, -0.25) is 9.59 Å². The molecule has 1 heterocycles. The highest BCUT2D eigenvalue weighted by Gasteiger charge is 2.34. The van der Waals surface area contributed by atoms with Crippen molar-refractivity contribution < 1.29 is 14.3 Å². The summed E-state index contributed by atoms with van der Waals surface area (Å²) < 4.78 is 5.13. The largest absolute Gasteiger partial charge is 0.497 e. The fraction of sp³-hybridized carbons (Fsp3) is 0.364. The number of aryl methyl sites for hydroxylation is 2. The van der Waals surface area contributed by atoms with Crippen molar-refractivity contribution in [3.63, 3.8) is 0 Å². The standard InChI is InChI=1S/C22H26N2O3S/c1-3-16-4-6-17(7-5-16)8-13-21(25)24-15-28-14-20(24)22(26)23-18-9-11-19(27-2)12-10-18/h4-7,9-12,20H,3,8,13-15H2,1-2H3,(H,23,26). The Morgan fingerprint density at radius 1 is 1.11 bits per heavy atom. The van der Waals surface area contributed by atoms with Gasteiger partial charge < -0.3 is 15.0 Å². The third kappa shape index (κ3) is 5.07. The number of amides is 2. The van der Waals surface area contributed by atoms with E-state index >= 15 is 0 Å². The number of hydrogen-bond donors (Lipinski definition) is 1. The fourth-order valence-corrected chi connectivity index (χ4v) is 4.32. The van der Waals surface area contributed by atoms with Crippen molar-refractivity contribution in [3.8, 4) is 5.75 Å². The van der Waals surface area contributed by atoms with Gasteiger partial charge in [0.2, 0.25) is 11.8 Å². The molecule has 0 saturated carbocycles. The van der Waals surface area contributed by atoms with Gasteiger partial charge in [0.25, 0.3) is 0 Å². The van der Waals surface area contributed by atoms with Crippen molar-refractivity contribution in [2.24, 2.45) is 0 Å². The number of ether oxygens (including phenoxy) is 1. The zero-order chi connectivity index (χ0) is 19.9. The lowest BCUT2D eigenvalue weighted by Crippen LogP contribution is -2.44. The van der Waals surface area contributed by atoms with E-state index in [1.807, 2.05) is 0 Å². The van der Waals surface area contributed by atoms with E-state index in [1.165, 1.54) is 5.56 Å². The Labute approximate surface area is 170 Å². The maximum atomic E-state index is 12.7. The number of hydrogen-bond acceptors (Lipinski definition) is 4. The van der Waals surface area contributed by atoms with Gasteiger partial charge >= 0.3 is 0 Å². The molecule has 1 aliphatic rings. The molecule has 5 nitrogen and oxygen atoms in total. The monoisotopic (exact) mass is 398 g/mol. The Kier molecular flexibility index (Phi) is 6.98.